The van der Waals surface area contributed by atoms with E-state index in [0.29, 0.717) is 31.5 Å². The van der Waals surface area contributed by atoms with Crippen molar-refractivity contribution in [3.63, 3.8) is 0 Å². The first-order valence-corrected chi connectivity index (χ1v) is 7.63. The van der Waals surface area contributed by atoms with E-state index in [1.807, 2.05) is 0 Å². The molecule has 1 aliphatic heterocycles. The van der Waals surface area contributed by atoms with Crippen LogP contribution in [0.3, 0.4) is 0 Å². The van der Waals surface area contributed by atoms with Gasteiger partial charge in [0, 0.05) is 19.1 Å². The summed E-state index contributed by atoms with van der Waals surface area (Å²) >= 11 is 0. The molecule has 0 unspecified atom stereocenters. The fraction of sp³-hybridized carbons (Fsp3) is 0.545. The second-order valence-electron chi connectivity index (χ2n) is 4.47. The summed E-state index contributed by atoms with van der Waals surface area (Å²) in [6.07, 6.45) is 5.30. The van der Waals surface area contributed by atoms with Crippen molar-refractivity contribution < 1.29 is 17.6 Å². The van der Waals surface area contributed by atoms with E-state index in [0.717, 1.165) is 6.26 Å². The van der Waals surface area contributed by atoms with Crippen molar-refractivity contribution in [3.8, 4) is 0 Å². The van der Waals surface area contributed by atoms with E-state index in [1.165, 1.54) is 12.5 Å². The molecule has 1 aliphatic rings. The van der Waals surface area contributed by atoms with Crippen LogP contribution in [0.15, 0.2) is 23.0 Å². The van der Waals surface area contributed by atoms with Gasteiger partial charge in [-0.05, 0) is 18.9 Å². The van der Waals surface area contributed by atoms with Gasteiger partial charge in [0.2, 0.25) is 10.0 Å². The van der Waals surface area contributed by atoms with Crippen LogP contribution in [0.25, 0.3) is 0 Å². The van der Waals surface area contributed by atoms with Gasteiger partial charge in [0.1, 0.15) is 6.26 Å². The number of nitrogens with one attached hydrogen (secondary N) is 1. The molecule has 6 nitrogen and oxygen atoms in total. The summed E-state index contributed by atoms with van der Waals surface area (Å²) in [6.45, 7) is 1.11. The zero-order valence-electron chi connectivity index (χ0n) is 10.1. The summed E-state index contributed by atoms with van der Waals surface area (Å²) in [4.78, 5) is 13.7. The highest BCUT2D eigenvalue weighted by molar-refractivity contribution is 7.88. The predicted octanol–water partition coefficient (Wildman–Crippen LogP) is 0.433. The Morgan fingerprint density at radius 1 is 1.44 bits per heavy atom. The molecular weight excluding hydrogens is 256 g/mol. The van der Waals surface area contributed by atoms with Crippen LogP contribution in [-0.2, 0) is 10.0 Å². The lowest BCUT2D eigenvalue weighted by Gasteiger charge is -2.31. The molecule has 0 saturated carbocycles. The van der Waals surface area contributed by atoms with Gasteiger partial charge < -0.3 is 9.32 Å². The van der Waals surface area contributed by atoms with Gasteiger partial charge in [-0.3, -0.25) is 4.79 Å². The van der Waals surface area contributed by atoms with Crippen LogP contribution in [0.2, 0.25) is 0 Å². The van der Waals surface area contributed by atoms with Crippen LogP contribution in [-0.4, -0.2) is 44.6 Å². The number of furan rings is 1. The number of nitrogens with zero attached hydrogens (tertiary/aromatic N) is 1. The Morgan fingerprint density at radius 3 is 2.61 bits per heavy atom. The molecule has 7 heteroatoms. The average molecular weight is 272 g/mol. The maximum absolute atomic E-state index is 12.0. The lowest BCUT2D eigenvalue weighted by Crippen LogP contribution is -2.46. The topological polar surface area (TPSA) is 79.6 Å². The van der Waals surface area contributed by atoms with Crippen molar-refractivity contribution in [2.75, 3.05) is 19.3 Å². The van der Waals surface area contributed by atoms with Gasteiger partial charge in [-0.25, -0.2) is 13.1 Å². The molecule has 0 bridgehead atoms. The highest BCUT2D eigenvalue weighted by Crippen LogP contribution is 2.14. The molecule has 0 radical (unpaired) electrons. The Morgan fingerprint density at radius 2 is 2.11 bits per heavy atom. The lowest BCUT2D eigenvalue weighted by atomic mass is 10.1. The first kappa shape index (κ1) is 13.1. The third-order valence-corrected chi connectivity index (χ3v) is 3.69. The minimum atomic E-state index is -3.17. The van der Waals surface area contributed by atoms with Crippen molar-refractivity contribution in [2.45, 2.75) is 18.9 Å². The van der Waals surface area contributed by atoms with Crippen molar-refractivity contribution in [1.29, 1.82) is 0 Å². The van der Waals surface area contributed by atoms with Crippen molar-refractivity contribution in [2.24, 2.45) is 0 Å². The molecule has 1 fully saturated rings. The second kappa shape index (κ2) is 5.11. The number of piperidine rings is 1. The zero-order chi connectivity index (χ0) is 13.2. The number of carbonyl (C=O) groups excluding carboxylic acids is 1. The van der Waals surface area contributed by atoms with Crippen LogP contribution in [0.5, 0.6) is 0 Å². The third-order valence-electron chi connectivity index (χ3n) is 2.93. The highest BCUT2D eigenvalue weighted by atomic mass is 32.2. The lowest BCUT2D eigenvalue weighted by molar-refractivity contribution is 0.0710. The second-order valence-corrected chi connectivity index (χ2v) is 6.25. The zero-order valence-corrected chi connectivity index (χ0v) is 10.9. The van der Waals surface area contributed by atoms with Gasteiger partial charge >= 0.3 is 0 Å². The Kier molecular flexibility index (Phi) is 3.72. The van der Waals surface area contributed by atoms with Gasteiger partial charge in [-0.2, -0.15) is 0 Å². The molecule has 0 aliphatic carbocycles. The number of hydrogen-bond donors (Lipinski definition) is 1. The van der Waals surface area contributed by atoms with E-state index in [9.17, 15) is 13.2 Å². The molecule has 1 amide bonds. The maximum atomic E-state index is 12.0. The molecule has 1 aromatic rings. The summed E-state index contributed by atoms with van der Waals surface area (Å²) in [5, 5.41) is 0. The number of sulfonamides is 1. The molecule has 2 heterocycles. The Bertz CT molecular complexity index is 501. The number of amides is 1. The molecule has 1 aromatic heterocycles. The fourth-order valence-electron chi connectivity index (χ4n) is 2.07. The van der Waals surface area contributed by atoms with E-state index in [4.69, 9.17) is 4.42 Å². The molecule has 0 aromatic carbocycles. The Balaban J connectivity index is 1.89. The summed E-state index contributed by atoms with van der Waals surface area (Å²) in [5.74, 6) is -0.0680. The molecule has 18 heavy (non-hydrogen) atoms. The molecule has 100 valence electrons. The minimum Gasteiger partial charge on any atom is -0.472 e. The van der Waals surface area contributed by atoms with Gasteiger partial charge in [0.05, 0.1) is 18.1 Å². The average Bonchev–Trinajstić information content (AvgIpc) is 2.80. The normalized spacial score (nSPS) is 17.9. The van der Waals surface area contributed by atoms with Gasteiger partial charge in [0.25, 0.3) is 5.91 Å². The van der Waals surface area contributed by atoms with Crippen LogP contribution < -0.4 is 4.72 Å². The smallest absolute Gasteiger partial charge is 0.257 e. The Hall–Kier alpha value is -1.34. The SMILES string of the molecule is CS(=O)(=O)NC1CCN(C(=O)c2ccoc2)CC1. The van der Waals surface area contributed by atoms with E-state index in [2.05, 4.69) is 4.72 Å². The van der Waals surface area contributed by atoms with Crippen molar-refractivity contribution in [1.82, 2.24) is 9.62 Å². The van der Waals surface area contributed by atoms with Gasteiger partial charge in [-0.1, -0.05) is 0 Å². The number of likely N-dealkylation sites (tertiary alicyclic amines) is 1. The third kappa shape index (κ3) is 3.33. The molecule has 0 spiro atoms. The molecule has 1 N–H and O–H groups in total. The largest absolute Gasteiger partial charge is 0.472 e. The monoisotopic (exact) mass is 272 g/mol. The van der Waals surface area contributed by atoms with E-state index >= 15 is 0 Å². The summed E-state index contributed by atoms with van der Waals surface area (Å²) in [5.41, 5.74) is 0.532. The summed E-state index contributed by atoms with van der Waals surface area (Å²) in [7, 11) is -3.17. The van der Waals surface area contributed by atoms with Crippen LogP contribution in [0.1, 0.15) is 23.2 Å². The molecule has 2 rings (SSSR count). The van der Waals surface area contributed by atoms with Crippen LogP contribution in [0, 0.1) is 0 Å². The number of carbonyl (C=O) groups is 1. The number of rotatable bonds is 3. The first-order valence-electron chi connectivity index (χ1n) is 5.74. The van der Waals surface area contributed by atoms with Crippen LogP contribution >= 0.6 is 0 Å². The van der Waals surface area contributed by atoms with Gasteiger partial charge in [0.15, 0.2) is 0 Å². The summed E-state index contributed by atoms with van der Waals surface area (Å²) in [6, 6.07) is 1.55. The molecule has 1 saturated heterocycles. The van der Waals surface area contributed by atoms with E-state index in [-0.39, 0.29) is 11.9 Å². The van der Waals surface area contributed by atoms with E-state index < -0.39 is 10.0 Å². The van der Waals surface area contributed by atoms with E-state index in [1.54, 1.807) is 11.0 Å². The summed E-state index contributed by atoms with van der Waals surface area (Å²) < 4.78 is 29.6. The standard InChI is InChI=1S/C11H16N2O4S/c1-18(15,16)12-10-2-5-13(6-3-10)11(14)9-4-7-17-8-9/h4,7-8,10,12H,2-3,5-6H2,1H3. The first-order chi connectivity index (χ1) is 8.46. The predicted molar refractivity (Wildman–Crippen MR) is 65.6 cm³/mol. The Labute approximate surface area is 106 Å². The van der Waals surface area contributed by atoms with Crippen molar-refractivity contribution >= 4 is 15.9 Å². The molecular formula is C11H16N2O4S. The minimum absolute atomic E-state index is 0.0680. The highest BCUT2D eigenvalue weighted by Gasteiger charge is 2.25. The number of hydrogen-bond acceptors (Lipinski definition) is 4. The molecule has 0 atom stereocenters. The van der Waals surface area contributed by atoms with Crippen LogP contribution in [0.4, 0.5) is 0 Å². The quantitative estimate of drug-likeness (QED) is 0.865. The van der Waals surface area contributed by atoms with Gasteiger partial charge in [-0.15, -0.1) is 0 Å². The maximum Gasteiger partial charge on any atom is 0.257 e. The van der Waals surface area contributed by atoms with Crippen molar-refractivity contribution in [3.05, 3.63) is 24.2 Å². The fourth-order valence-corrected chi connectivity index (χ4v) is 2.91.